The van der Waals surface area contributed by atoms with E-state index in [1.54, 1.807) is 39.1 Å². The summed E-state index contributed by atoms with van der Waals surface area (Å²) in [5.41, 5.74) is 3.87. The number of benzene rings is 1. The summed E-state index contributed by atoms with van der Waals surface area (Å²) < 4.78 is 51.6. The van der Waals surface area contributed by atoms with Gasteiger partial charge >= 0.3 is 5.97 Å². The molecule has 0 saturated carbocycles. The topological polar surface area (TPSA) is 83.0 Å². The zero-order chi connectivity index (χ0) is 30.2. The number of rotatable bonds is 8. The van der Waals surface area contributed by atoms with Crippen LogP contribution in [0.15, 0.2) is 36.7 Å². The molecule has 4 heterocycles. The third kappa shape index (κ3) is 6.33. The number of carbonyl (C=O) groups excluding carboxylic acids is 1. The molecule has 2 aliphatic rings. The fraction of sp³-hybridized carbons (Fsp3) is 0.469. The number of aryl methyl sites for hydroxylation is 2. The highest BCUT2D eigenvalue weighted by Gasteiger charge is 2.45. The Morgan fingerprint density at radius 3 is 2.33 bits per heavy atom. The molecule has 1 atom stereocenters. The van der Waals surface area contributed by atoms with Crippen molar-refractivity contribution in [1.29, 1.82) is 0 Å². The lowest BCUT2D eigenvalue weighted by molar-refractivity contribution is -0.160. The van der Waals surface area contributed by atoms with Crippen LogP contribution in [-0.4, -0.2) is 48.0 Å². The number of cyclic esters (lactones) is 1. The molecule has 0 bridgehead atoms. The monoisotopic (exact) mass is 581 g/mol. The minimum Gasteiger partial charge on any atom is -0.490 e. The van der Waals surface area contributed by atoms with Gasteiger partial charge in [-0.2, -0.15) is 0 Å². The van der Waals surface area contributed by atoms with Gasteiger partial charge in [0.25, 0.3) is 5.88 Å². The van der Waals surface area contributed by atoms with Crippen molar-refractivity contribution >= 4 is 11.7 Å². The van der Waals surface area contributed by atoms with Gasteiger partial charge in [-0.3, -0.25) is 4.98 Å². The Bertz CT molecular complexity index is 1480. The van der Waals surface area contributed by atoms with E-state index in [4.69, 9.17) is 18.9 Å². The van der Waals surface area contributed by atoms with Crippen LogP contribution < -0.4 is 14.4 Å². The van der Waals surface area contributed by atoms with Crippen LogP contribution in [-0.2, 0) is 14.3 Å². The molecular weight excluding hydrogens is 544 g/mol. The molecular formula is C32H37F2N3O5. The molecule has 0 N–H and O–H groups in total. The third-order valence-corrected chi connectivity index (χ3v) is 7.80. The number of piperidine rings is 1. The second kappa shape index (κ2) is 11.5. The number of anilines is 1. The zero-order valence-electron chi connectivity index (χ0n) is 24.9. The van der Waals surface area contributed by atoms with Crippen LogP contribution in [0.25, 0.3) is 11.1 Å². The Morgan fingerprint density at radius 1 is 0.976 bits per heavy atom. The van der Waals surface area contributed by atoms with Crippen molar-refractivity contribution in [2.45, 2.75) is 66.3 Å². The number of esters is 1. The van der Waals surface area contributed by atoms with Crippen molar-refractivity contribution in [3.8, 4) is 22.8 Å². The zero-order valence-corrected chi connectivity index (χ0v) is 24.9. The van der Waals surface area contributed by atoms with Crippen molar-refractivity contribution in [2.75, 3.05) is 31.2 Å². The molecule has 0 aliphatic carbocycles. The van der Waals surface area contributed by atoms with Crippen LogP contribution in [0.4, 0.5) is 14.5 Å². The van der Waals surface area contributed by atoms with Crippen LogP contribution in [0.5, 0.6) is 11.6 Å². The van der Waals surface area contributed by atoms with E-state index in [2.05, 4.69) is 28.7 Å². The molecule has 224 valence electrons. The van der Waals surface area contributed by atoms with Gasteiger partial charge in [0, 0.05) is 67.8 Å². The first-order valence-corrected chi connectivity index (χ1v) is 14.2. The predicted molar refractivity (Wildman–Crippen MR) is 154 cm³/mol. The number of halogens is 2. The van der Waals surface area contributed by atoms with Gasteiger partial charge in [-0.15, -0.1) is 0 Å². The summed E-state index contributed by atoms with van der Waals surface area (Å²) in [6, 6.07) is 5.93. The van der Waals surface area contributed by atoms with Crippen molar-refractivity contribution in [2.24, 2.45) is 5.41 Å². The summed E-state index contributed by atoms with van der Waals surface area (Å²) in [5.74, 6) is -2.39. The molecule has 2 saturated heterocycles. The van der Waals surface area contributed by atoms with E-state index in [0.29, 0.717) is 33.7 Å². The molecule has 0 amide bonds. The molecule has 5 rings (SSSR count). The van der Waals surface area contributed by atoms with Crippen molar-refractivity contribution in [3.63, 3.8) is 0 Å². The van der Waals surface area contributed by atoms with Gasteiger partial charge in [-0.25, -0.2) is 18.6 Å². The van der Waals surface area contributed by atoms with E-state index >= 15 is 4.39 Å². The second-order valence-corrected chi connectivity index (χ2v) is 12.1. The number of nitrogens with zero attached hydrogens (tertiary/aromatic N) is 3. The predicted octanol–water partition coefficient (Wildman–Crippen LogP) is 6.47. The third-order valence-electron chi connectivity index (χ3n) is 7.80. The van der Waals surface area contributed by atoms with Gasteiger partial charge in [0.05, 0.1) is 5.69 Å². The lowest BCUT2D eigenvalue weighted by atomic mass is 9.82. The summed E-state index contributed by atoms with van der Waals surface area (Å²) in [6.07, 6.45) is 4.15. The molecule has 2 aliphatic heterocycles. The summed E-state index contributed by atoms with van der Waals surface area (Å²) in [6.45, 7) is 13.0. The first-order valence-electron chi connectivity index (χ1n) is 14.2. The van der Waals surface area contributed by atoms with Gasteiger partial charge in [-0.1, -0.05) is 19.9 Å². The maximum absolute atomic E-state index is 15.3. The molecule has 1 aromatic carbocycles. The number of ether oxygens (including phenoxy) is 4. The lowest BCUT2D eigenvalue weighted by Gasteiger charge is -2.40. The molecule has 0 radical (unpaired) electrons. The Balaban J connectivity index is 1.41. The minimum absolute atomic E-state index is 0.0146. The largest absolute Gasteiger partial charge is 0.490 e. The van der Waals surface area contributed by atoms with E-state index in [1.807, 2.05) is 6.92 Å². The maximum Gasteiger partial charge on any atom is 0.342 e. The summed E-state index contributed by atoms with van der Waals surface area (Å²) in [5, 5.41) is 0. The highest BCUT2D eigenvalue weighted by Crippen LogP contribution is 2.45. The van der Waals surface area contributed by atoms with Crippen LogP contribution in [0, 0.1) is 30.9 Å². The summed E-state index contributed by atoms with van der Waals surface area (Å²) >= 11 is 0. The molecule has 2 fully saturated rings. The Labute approximate surface area is 245 Å². The Kier molecular flexibility index (Phi) is 8.11. The van der Waals surface area contributed by atoms with Gasteiger partial charge in [0.1, 0.15) is 24.8 Å². The average Bonchev–Trinajstić information content (AvgIpc) is 3.20. The van der Waals surface area contributed by atoms with Crippen LogP contribution in [0.1, 0.15) is 63.5 Å². The fourth-order valence-electron chi connectivity index (χ4n) is 5.28. The SMILES string of the molecule is Cc1ccc(OCCOc2ncc(-c3cnc(C)c([C@@H]4OC(C)(C)OC4=O)c3N3CCC(C)(C)CC3)cc2F)cc1F. The van der Waals surface area contributed by atoms with Gasteiger partial charge in [0.15, 0.2) is 11.9 Å². The molecule has 8 nitrogen and oxygen atoms in total. The maximum atomic E-state index is 15.3. The number of pyridine rings is 2. The normalized spacial score (nSPS) is 19.5. The number of hydrogen-bond donors (Lipinski definition) is 0. The van der Waals surface area contributed by atoms with Crippen molar-refractivity contribution in [1.82, 2.24) is 9.97 Å². The lowest BCUT2D eigenvalue weighted by Crippen LogP contribution is -2.38. The molecule has 2 aromatic heterocycles. The van der Waals surface area contributed by atoms with Gasteiger partial charge in [0.2, 0.25) is 5.79 Å². The highest BCUT2D eigenvalue weighted by atomic mass is 19.1. The van der Waals surface area contributed by atoms with Crippen LogP contribution in [0.2, 0.25) is 0 Å². The molecule has 42 heavy (non-hydrogen) atoms. The van der Waals surface area contributed by atoms with E-state index in [0.717, 1.165) is 31.6 Å². The van der Waals surface area contributed by atoms with E-state index < -0.39 is 23.7 Å². The smallest absolute Gasteiger partial charge is 0.342 e. The van der Waals surface area contributed by atoms with E-state index in [-0.39, 0.29) is 30.3 Å². The Morgan fingerprint density at radius 2 is 1.69 bits per heavy atom. The Hall–Kier alpha value is -3.79. The standard InChI is InChI=1S/C32H37F2N3O5/c1-19-7-8-22(16-24(19)33)39-13-14-40-29-25(34)15-21(17-36-29)23-18-35-20(2)26(28-30(38)42-32(5,6)41-28)27(23)37-11-9-31(3,4)10-12-37/h7-8,15-18,28H,9-14H2,1-6H3/t28-/m0/s1. The van der Waals surface area contributed by atoms with Gasteiger partial charge in [-0.05, 0) is 49.8 Å². The average molecular weight is 582 g/mol. The highest BCUT2D eigenvalue weighted by molar-refractivity contribution is 5.87. The summed E-state index contributed by atoms with van der Waals surface area (Å²) in [4.78, 5) is 24.0. The number of hydrogen-bond acceptors (Lipinski definition) is 8. The van der Waals surface area contributed by atoms with E-state index in [1.165, 1.54) is 18.3 Å². The van der Waals surface area contributed by atoms with Crippen LogP contribution in [0.3, 0.4) is 0 Å². The van der Waals surface area contributed by atoms with Gasteiger partial charge < -0.3 is 23.8 Å². The van der Waals surface area contributed by atoms with E-state index in [9.17, 15) is 9.18 Å². The molecule has 0 spiro atoms. The molecule has 10 heteroatoms. The van der Waals surface area contributed by atoms with Crippen LogP contribution >= 0.6 is 0 Å². The van der Waals surface area contributed by atoms with Crippen molar-refractivity contribution < 1.29 is 32.5 Å². The number of carbonyl (C=O) groups is 1. The fourth-order valence-corrected chi connectivity index (χ4v) is 5.28. The first kappa shape index (κ1) is 29.7. The van der Waals surface area contributed by atoms with Crippen molar-refractivity contribution in [3.05, 3.63) is 65.1 Å². The molecule has 3 aromatic rings. The summed E-state index contributed by atoms with van der Waals surface area (Å²) in [7, 11) is 0. The quantitative estimate of drug-likeness (QED) is 0.221. The second-order valence-electron chi connectivity index (χ2n) is 12.1. The number of aromatic nitrogens is 2. The first-order chi connectivity index (χ1) is 19.8. The minimum atomic E-state index is -1.07. The molecule has 0 unspecified atom stereocenters.